The molecule has 0 amide bonds. The topological polar surface area (TPSA) is 110 Å². The van der Waals surface area contributed by atoms with Gasteiger partial charge in [-0.2, -0.15) is 0 Å². The summed E-state index contributed by atoms with van der Waals surface area (Å²) in [4.78, 5) is -0.267. The van der Waals surface area contributed by atoms with Gasteiger partial charge in [-0.25, -0.2) is 13.6 Å². The molecule has 1 aromatic carbocycles. The first kappa shape index (κ1) is 14.0. The molecule has 6 nitrogen and oxygen atoms in total. The summed E-state index contributed by atoms with van der Waals surface area (Å²) >= 11 is 0. The normalized spacial score (nSPS) is 11.6. The highest BCUT2D eigenvalue weighted by Gasteiger charge is 2.20. The monoisotopic (exact) mass is 259 g/mol. The van der Waals surface area contributed by atoms with Gasteiger partial charge in [0, 0.05) is 0 Å². The van der Waals surface area contributed by atoms with Crippen molar-refractivity contribution in [2.24, 2.45) is 5.14 Å². The molecule has 0 aromatic heterocycles. The van der Waals surface area contributed by atoms with E-state index in [2.05, 4.69) is 0 Å². The zero-order chi connectivity index (χ0) is 13.2. The summed E-state index contributed by atoms with van der Waals surface area (Å²) < 4.78 is 28.0. The third-order valence-corrected chi connectivity index (χ3v) is 2.87. The van der Waals surface area contributed by atoms with Crippen LogP contribution in [0.2, 0.25) is 0 Å². The van der Waals surface area contributed by atoms with Gasteiger partial charge in [0.1, 0.15) is 10.6 Å². The van der Waals surface area contributed by atoms with Crippen LogP contribution < -0.4 is 15.3 Å². The molecule has 0 saturated carbocycles. The maximum absolute atomic E-state index is 11.3. The van der Waals surface area contributed by atoms with E-state index in [1.807, 2.05) is 0 Å². The number of sulfonamides is 1. The number of hydrogen-bond acceptors (Lipinski definition) is 5. The van der Waals surface area contributed by atoms with Crippen LogP contribution in [-0.2, 0) is 10.0 Å². The van der Waals surface area contributed by atoms with Crippen LogP contribution in [0.3, 0.4) is 0 Å². The van der Waals surface area contributed by atoms with Gasteiger partial charge >= 0.3 is 7.12 Å². The van der Waals surface area contributed by atoms with E-state index < -0.39 is 17.1 Å². The lowest BCUT2D eigenvalue weighted by Crippen LogP contribution is -2.31. The van der Waals surface area contributed by atoms with Crippen molar-refractivity contribution in [2.75, 3.05) is 0 Å². The number of rotatable bonds is 4. The van der Waals surface area contributed by atoms with Crippen LogP contribution in [0.1, 0.15) is 13.8 Å². The molecule has 0 radical (unpaired) electrons. The molecule has 94 valence electrons. The third-order valence-electron chi connectivity index (χ3n) is 1.94. The summed E-state index contributed by atoms with van der Waals surface area (Å²) in [5, 5.41) is 23.0. The van der Waals surface area contributed by atoms with E-state index in [0.717, 1.165) is 6.07 Å². The Kier molecular flexibility index (Phi) is 4.15. The van der Waals surface area contributed by atoms with E-state index in [4.69, 9.17) is 19.9 Å². The molecule has 0 spiro atoms. The lowest BCUT2D eigenvalue weighted by molar-refractivity contribution is 0.236. The average Bonchev–Trinajstić information content (AvgIpc) is 2.15. The van der Waals surface area contributed by atoms with Crippen LogP contribution in [0.15, 0.2) is 23.1 Å². The largest absolute Gasteiger partial charge is 0.490 e. The Labute approximate surface area is 100 Å². The van der Waals surface area contributed by atoms with E-state index in [-0.39, 0.29) is 22.2 Å². The SMILES string of the molecule is CC(C)Oc1ccc(B(O)O)cc1S(N)(=O)=O. The molecule has 0 aliphatic carbocycles. The van der Waals surface area contributed by atoms with Gasteiger partial charge in [-0.05, 0) is 31.4 Å². The minimum absolute atomic E-state index is 0.0325. The van der Waals surface area contributed by atoms with Gasteiger partial charge in [-0.15, -0.1) is 0 Å². The quantitative estimate of drug-likeness (QED) is 0.588. The summed E-state index contributed by atoms with van der Waals surface area (Å²) in [7, 11) is -5.74. The van der Waals surface area contributed by atoms with Gasteiger partial charge < -0.3 is 14.8 Å². The highest BCUT2D eigenvalue weighted by atomic mass is 32.2. The molecule has 0 atom stereocenters. The molecule has 17 heavy (non-hydrogen) atoms. The third kappa shape index (κ3) is 3.70. The molecule has 4 N–H and O–H groups in total. The maximum Gasteiger partial charge on any atom is 0.488 e. The molecule has 0 saturated heterocycles. The Balaban J connectivity index is 3.32. The van der Waals surface area contributed by atoms with Gasteiger partial charge in [-0.1, -0.05) is 6.07 Å². The van der Waals surface area contributed by atoms with Crippen LogP contribution in [0, 0.1) is 0 Å². The minimum atomic E-state index is -3.98. The summed E-state index contributed by atoms with van der Waals surface area (Å²) in [5.74, 6) is 0.0897. The van der Waals surface area contributed by atoms with Crippen molar-refractivity contribution in [2.45, 2.75) is 24.8 Å². The van der Waals surface area contributed by atoms with Crippen LogP contribution in [0.5, 0.6) is 5.75 Å². The van der Waals surface area contributed by atoms with Gasteiger partial charge in [-0.3, -0.25) is 0 Å². The van der Waals surface area contributed by atoms with E-state index in [1.165, 1.54) is 12.1 Å². The number of primary sulfonamides is 1. The van der Waals surface area contributed by atoms with E-state index >= 15 is 0 Å². The summed E-state index contributed by atoms with van der Waals surface area (Å²) in [6.45, 7) is 3.48. The molecular formula is C9H14BNO5S. The van der Waals surface area contributed by atoms with E-state index in [9.17, 15) is 8.42 Å². The first-order chi connectivity index (χ1) is 7.71. The van der Waals surface area contributed by atoms with Crippen molar-refractivity contribution in [3.05, 3.63) is 18.2 Å². The molecule has 1 rings (SSSR count). The van der Waals surface area contributed by atoms with Crippen molar-refractivity contribution >= 4 is 22.6 Å². The fraction of sp³-hybridized carbons (Fsp3) is 0.333. The van der Waals surface area contributed by atoms with Crippen LogP contribution >= 0.6 is 0 Å². The molecule has 0 aliphatic rings. The summed E-state index contributed by atoms with van der Waals surface area (Å²) in [5.41, 5.74) is 0.0325. The Hall–Kier alpha value is -1.09. The second-order valence-corrected chi connectivity index (χ2v) is 5.32. The highest BCUT2D eigenvalue weighted by Crippen LogP contribution is 2.22. The van der Waals surface area contributed by atoms with Crippen molar-refractivity contribution < 1.29 is 23.2 Å². The number of hydrogen-bond donors (Lipinski definition) is 3. The zero-order valence-electron chi connectivity index (χ0n) is 9.49. The predicted molar refractivity (Wildman–Crippen MR) is 63.4 cm³/mol. The lowest BCUT2D eigenvalue weighted by atomic mass is 9.80. The van der Waals surface area contributed by atoms with Crippen molar-refractivity contribution in [1.82, 2.24) is 0 Å². The predicted octanol–water partition coefficient (Wildman–Crippen LogP) is -1.20. The van der Waals surface area contributed by atoms with E-state index in [1.54, 1.807) is 13.8 Å². The Bertz CT molecular complexity index is 500. The van der Waals surface area contributed by atoms with Crippen molar-refractivity contribution in [3.8, 4) is 5.75 Å². The molecule has 1 aromatic rings. The van der Waals surface area contributed by atoms with Crippen LogP contribution in [0.4, 0.5) is 0 Å². The van der Waals surface area contributed by atoms with Gasteiger partial charge in [0.25, 0.3) is 0 Å². The van der Waals surface area contributed by atoms with Crippen molar-refractivity contribution in [1.29, 1.82) is 0 Å². The molecule has 0 unspecified atom stereocenters. The molecule has 0 aliphatic heterocycles. The number of nitrogens with two attached hydrogens (primary N) is 1. The molecular weight excluding hydrogens is 245 g/mol. The van der Waals surface area contributed by atoms with Gasteiger partial charge in [0.15, 0.2) is 0 Å². The first-order valence-corrected chi connectivity index (χ1v) is 6.46. The molecule has 0 heterocycles. The fourth-order valence-corrected chi connectivity index (χ4v) is 1.96. The van der Waals surface area contributed by atoms with Crippen molar-refractivity contribution in [3.63, 3.8) is 0 Å². The average molecular weight is 259 g/mol. The number of benzene rings is 1. The maximum atomic E-state index is 11.3. The molecule has 0 fully saturated rings. The number of ether oxygens (including phenoxy) is 1. The molecule has 0 bridgehead atoms. The van der Waals surface area contributed by atoms with Crippen LogP contribution in [0.25, 0.3) is 0 Å². The summed E-state index contributed by atoms with van der Waals surface area (Å²) in [6.07, 6.45) is -0.222. The zero-order valence-corrected chi connectivity index (χ0v) is 10.3. The van der Waals surface area contributed by atoms with Gasteiger partial charge in [0.2, 0.25) is 10.0 Å². The molecule has 8 heteroatoms. The Morgan fingerprint density at radius 3 is 2.35 bits per heavy atom. The smallest absolute Gasteiger partial charge is 0.488 e. The highest BCUT2D eigenvalue weighted by molar-refractivity contribution is 7.89. The summed E-state index contributed by atoms with van der Waals surface area (Å²) in [6, 6.07) is 3.78. The second-order valence-electron chi connectivity index (χ2n) is 3.79. The Morgan fingerprint density at radius 1 is 1.35 bits per heavy atom. The standard InChI is InChI=1S/C9H14BNO5S/c1-6(2)16-8-4-3-7(10(12)13)5-9(8)17(11,14)15/h3-6,12-13H,1-2H3,(H2,11,14,15). The second kappa shape index (κ2) is 5.05. The van der Waals surface area contributed by atoms with Crippen LogP contribution in [-0.4, -0.2) is 31.7 Å². The van der Waals surface area contributed by atoms with E-state index in [0.29, 0.717) is 0 Å². The van der Waals surface area contributed by atoms with Gasteiger partial charge in [0.05, 0.1) is 6.10 Å². The Morgan fingerprint density at radius 2 is 1.94 bits per heavy atom. The lowest BCUT2D eigenvalue weighted by Gasteiger charge is -2.14. The first-order valence-electron chi connectivity index (χ1n) is 4.91. The fourth-order valence-electron chi connectivity index (χ4n) is 1.26. The minimum Gasteiger partial charge on any atom is -0.490 e.